The fraction of sp³-hybridized carbons (Fsp3) is 0.345. The van der Waals surface area contributed by atoms with Crippen molar-refractivity contribution in [3.63, 3.8) is 0 Å². The van der Waals surface area contributed by atoms with Crippen LogP contribution < -0.4 is 10.2 Å². The Morgan fingerprint density at radius 2 is 1.67 bits per heavy atom. The summed E-state index contributed by atoms with van der Waals surface area (Å²) in [6.07, 6.45) is 2.99. The number of para-hydroxylation sites is 1. The second kappa shape index (κ2) is 11.2. The van der Waals surface area contributed by atoms with Crippen LogP contribution in [0.15, 0.2) is 83.9 Å². The Hall–Kier alpha value is -3.76. The van der Waals surface area contributed by atoms with Crippen molar-refractivity contribution < 1.29 is 18.0 Å². The van der Waals surface area contributed by atoms with Gasteiger partial charge in [-0.25, -0.2) is 8.42 Å². The third-order valence-electron chi connectivity index (χ3n) is 7.55. The number of nitrogens with one attached hydrogen (secondary N) is 1. The van der Waals surface area contributed by atoms with Crippen molar-refractivity contribution in [1.29, 1.82) is 0 Å². The molecule has 0 atom stereocenters. The van der Waals surface area contributed by atoms with E-state index in [1.165, 1.54) is 4.31 Å². The van der Waals surface area contributed by atoms with E-state index in [2.05, 4.69) is 10.3 Å². The van der Waals surface area contributed by atoms with Crippen LogP contribution >= 0.6 is 0 Å². The molecule has 2 aromatic carbocycles. The van der Waals surface area contributed by atoms with E-state index in [9.17, 15) is 18.0 Å². The number of hydrogen-bond donors (Lipinski definition) is 1. The van der Waals surface area contributed by atoms with Gasteiger partial charge in [0.2, 0.25) is 21.8 Å². The Balaban J connectivity index is 1.29. The zero-order chi connectivity index (χ0) is 27.5. The van der Waals surface area contributed by atoms with Gasteiger partial charge in [-0.2, -0.15) is 4.31 Å². The minimum atomic E-state index is -3.67. The number of benzene rings is 2. The lowest BCUT2D eigenvalue weighted by atomic mass is 9.86. The number of nitrogens with zero attached hydrogens (tertiary/aromatic N) is 4. The molecule has 2 aliphatic rings. The topological polar surface area (TPSA) is 103 Å². The number of piperidine rings is 1. The van der Waals surface area contributed by atoms with Gasteiger partial charge in [0.1, 0.15) is 12.1 Å². The molecule has 0 saturated carbocycles. The third kappa shape index (κ3) is 5.53. The highest BCUT2D eigenvalue weighted by Gasteiger charge is 2.55. The summed E-state index contributed by atoms with van der Waals surface area (Å²) in [4.78, 5) is 34.8. The Bertz CT molecular complexity index is 1410. The molecule has 2 amide bonds. The molecule has 5 rings (SSSR count). The van der Waals surface area contributed by atoms with Crippen LogP contribution in [0, 0.1) is 6.92 Å². The molecule has 1 aromatic heterocycles. The van der Waals surface area contributed by atoms with Crippen LogP contribution in [0.25, 0.3) is 0 Å². The number of amides is 2. The quantitative estimate of drug-likeness (QED) is 0.465. The SMILES string of the molecule is Cc1ccc(S(=O)(=O)N2CCC3(CC2)C(=O)N(CC(=O)NCCc2ccccn2)CN3c2ccccc2)cc1. The van der Waals surface area contributed by atoms with Gasteiger partial charge >= 0.3 is 0 Å². The Morgan fingerprint density at radius 1 is 0.974 bits per heavy atom. The number of rotatable bonds is 8. The summed E-state index contributed by atoms with van der Waals surface area (Å²) in [5.74, 6) is -0.373. The molecule has 10 heteroatoms. The molecule has 3 aromatic rings. The molecular formula is C29H33N5O4S. The van der Waals surface area contributed by atoms with Crippen LogP contribution in [0.2, 0.25) is 0 Å². The zero-order valence-electron chi connectivity index (χ0n) is 22.0. The highest BCUT2D eigenvalue weighted by molar-refractivity contribution is 7.89. The molecule has 2 saturated heterocycles. The maximum atomic E-state index is 13.9. The highest BCUT2D eigenvalue weighted by Crippen LogP contribution is 2.40. The minimum absolute atomic E-state index is 0.0580. The van der Waals surface area contributed by atoms with Crippen molar-refractivity contribution in [3.8, 4) is 0 Å². The van der Waals surface area contributed by atoms with Crippen molar-refractivity contribution >= 4 is 27.5 Å². The molecule has 39 heavy (non-hydrogen) atoms. The molecule has 2 fully saturated rings. The second-order valence-corrected chi connectivity index (χ2v) is 12.0. The molecule has 3 heterocycles. The van der Waals surface area contributed by atoms with E-state index in [1.807, 2.05) is 60.4 Å². The number of aromatic nitrogens is 1. The first-order chi connectivity index (χ1) is 18.8. The molecule has 2 aliphatic heterocycles. The third-order valence-corrected chi connectivity index (χ3v) is 9.47. The lowest BCUT2D eigenvalue weighted by Gasteiger charge is -2.42. The molecule has 1 spiro atoms. The Morgan fingerprint density at radius 3 is 2.33 bits per heavy atom. The van der Waals surface area contributed by atoms with E-state index < -0.39 is 15.6 Å². The second-order valence-electron chi connectivity index (χ2n) is 10.1. The number of aryl methyl sites for hydroxylation is 1. The summed E-state index contributed by atoms with van der Waals surface area (Å²) in [6.45, 7) is 2.98. The van der Waals surface area contributed by atoms with Gasteiger partial charge in [0.15, 0.2) is 0 Å². The van der Waals surface area contributed by atoms with Crippen molar-refractivity contribution in [2.24, 2.45) is 0 Å². The normalized spacial score (nSPS) is 17.5. The van der Waals surface area contributed by atoms with Gasteiger partial charge in [-0.05, 0) is 56.2 Å². The van der Waals surface area contributed by atoms with Crippen LogP contribution in [0.4, 0.5) is 5.69 Å². The summed E-state index contributed by atoms with van der Waals surface area (Å²) in [5, 5.41) is 2.89. The monoisotopic (exact) mass is 547 g/mol. The highest BCUT2D eigenvalue weighted by atomic mass is 32.2. The van der Waals surface area contributed by atoms with E-state index >= 15 is 0 Å². The van der Waals surface area contributed by atoms with Crippen LogP contribution in [0.3, 0.4) is 0 Å². The van der Waals surface area contributed by atoms with Gasteiger partial charge in [0.05, 0.1) is 11.6 Å². The number of sulfonamides is 1. The lowest BCUT2D eigenvalue weighted by Crippen LogP contribution is -2.57. The van der Waals surface area contributed by atoms with Gasteiger partial charge in [0, 0.05) is 43.6 Å². The zero-order valence-corrected chi connectivity index (χ0v) is 22.8. The molecule has 0 bridgehead atoms. The maximum absolute atomic E-state index is 13.9. The summed E-state index contributed by atoms with van der Waals surface area (Å²) in [5.41, 5.74) is 1.84. The summed E-state index contributed by atoms with van der Waals surface area (Å²) >= 11 is 0. The fourth-order valence-electron chi connectivity index (χ4n) is 5.38. The van der Waals surface area contributed by atoms with E-state index in [-0.39, 0.29) is 43.0 Å². The maximum Gasteiger partial charge on any atom is 0.250 e. The lowest BCUT2D eigenvalue weighted by molar-refractivity contribution is -0.137. The summed E-state index contributed by atoms with van der Waals surface area (Å²) in [7, 11) is -3.67. The number of anilines is 1. The number of hydrogen-bond acceptors (Lipinski definition) is 6. The van der Waals surface area contributed by atoms with E-state index in [0.717, 1.165) is 16.9 Å². The number of carbonyl (C=O) groups excluding carboxylic acids is 2. The predicted molar refractivity (Wildman–Crippen MR) is 148 cm³/mol. The van der Waals surface area contributed by atoms with Crippen LogP contribution in [-0.2, 0) is 26.0 Å². The fourth-order valence-corrected chi connectivity index (χ4v) is 6.82. The molecule has 9 nitrogen and oxygen atoms in total. The van der Waals surface area contributed by atoms with Crippen LogP contribution in [0.1, 0.15) is 24.1 Å². The van der Waals surface area contributed by atoms with Crippen molar-refractivity contribution in [2.45, 2.75) is 36.6 Å². The molecule has 0 unspecified atom stereocenters. The van der Waals surface area contributed by atoms with Gasteiger partial charge in [-0.3, -0.25) is 14.6 Å². The van der Waals surface area contributed by atoms with E-state index in [0.29, 0.717) is 25.8 Å². The number of pyridine rings is 1. The molecule has 0 radical (unpaired) electrons. The molecular weight excluding hydrogens is 514 g/mol. The predicted octanol–water partition coefficient (Wildman–Crippen LogP) is 2.58. The number of carbonyl (C=O) groups is 2. The van der Waals surface area contributed by atoms with Crippen molar-refractivity contribution in [2.75, 3.05) is 37.7 Å². The van der Waals surface area contributed by atoms with Crippen LogP contribution in [0.5, 0.6) is 0 Å². The first-order valence-corrected chi connectivity index (χ1v) is 14.6. The van der Waals surface area contributed by atoms with Crippen LogP contribution in [-0.4, -0.2) is 72.8 Å². The van der Waals surface area contributed by atoms with E-state index in [4.69, 9.17) is 0 Å². The van der Waals surface area contributed by atoms with Gasteiger partial charge in [0.25, 0.3) is 0 Å². The first-order valence-electron chi connectivity index (χ1n) is 13.2. The van der Waals surface area contributed by atoms with Gasteiger partial charge in [-0.1, -0.05) is 42.0 Å². The summed E-state index contributed by atoms with van der Waals surface area (Å²) < 4.78 is 28.1. The van der Waals surface area contributed by atoms with Crippen molar-refractivity contribution in [1.82, 2.24) is 19.5 Å². The Kier molecular flexibility index (Phi) is 7.67. The molecule has 0 aliphatic carbocycles. The van der Waals surface area contributed by atoms with Crippen molar-refractivity contribution in [3.05, 3.63) is 90.3 Å². The minimum Gasteiger partial charge on any atom is -0.354 e. The first kappa shape index (κ1) is 26.8. The smallest absolute Gasteiger partial charge is 0.250 e. The average molecular weight is 548 g/mol. The van der Waals surface area contributed by atoms with Gasteiger partial charge < -0.3 is 15.1 Å². The van der Waals surface area contributed by atoms with Gasteiger partial charge in [-0.15, -0.1) is 0 Å². The van der Waals surface area contributed by atoms with E-state index in [1.54, 1.807) is 35.4 Å². The average Bonchev–Trinajstić information content (AvgIpc) is 3.20. The molecule has 1 N–H and O–H groups in total. The standard InChI is InChI=1S/C29H33N5O4S/c1-23-10-12-26(13-11-23)39(37,38)33-19-15-29(16-20-33)28(36)32(22-34(29)25-8-3-2-4-9-25)21-27(35)31-18-14-24-7-5-6-17-30-24/h2-13,17H,14-16,18-22H2,1H3,(H,31,35). The molecule has 204 valence electrons. The summed E-state index contributed by atoms with van der Waals surface area (Å²) in [6, 6.07) is 22.1. The Labute approximate surface area is 229 Å². The largest absolute Gasteiger partial charge is 0.354 e.